The number of benzene rings is 1. The normalized spacial score (nSPS) is 33.3. The molecule has 2 bridgehead atoms. The van der Waals surface area contributed by atoms with Gasteiger partial charge >= 0.3 is 0 Å². The molecule has 2 saturated heterocycles. The Morgan fingerprint density at radius 2 is 1.74 bits per heavy atom. The maximum Gasteiger partial charge on any atom is 0.244 e. The average molecular weight is 374 g/mol. The van der Waals surface area contributed by atoms with Crippen LogP contribution in [0.3, 0.4) is 0 Å². The maximum absolute atomic E-state index is 10.2. The van der Waals surface area contributed by atoms with E-state index in [9.17, 15) is 15.8 Å². The van der Waals surface area contributed by atoms with Crippen molar-refractivity contribution in [3.05, 3.63) is 58.3 Å². The van der Waals surface area contributed by atoms with Crippen LogP contribution in [0.4, 0.5) is 0 Å². The van der Waals surface area contributed by atoms with Crippen molar-refractivity contribution in [1.29, 1.82) is 21.2 Å². The number of nitrogens with one attached hydrogen (secondary N) is 1. The minimum atomic E-state index is -1.90. The van der Waals surface area contributed by atoms with E-state index in [0.29, 0.717) is 10.4 Å². The highest BCUT2D eigenvalue weighted by Crippen LogP contribution is 2.69. The molecule has 2 aliphatic heterocycles. The number of hydrogen-bond acceptors (Lipinski definition) is 7. The lowest BCUT2D eigenvalue weighted by molar-refractivity contribution is -0.287. The van der Waals surface area contributed by atoms with Gasteiger partial charge in [-0.1, -0.05) is 43.3 Å². The van der Waals surface area contributed by atoms with Crippen molar-refractivity contribution in [2.75, 3.05) is 0 Å². The van der Waals surface area contributed by atoms with Gasteiger partial charge in [-0.3, -0.25) is 5.41 Å². The topological polar surface area (TPSA) is 114 Å². The lowest BCUT2D eigenvalue weighted by Crippen LogP contribution is -2.57. The van der Waals surface area contributed by atoms with Crippen molar-refractivity contribution < 1.29 is 9.47 Å². The molecule has 0 radical (unpaired) electrons. The predicted octanol–water partition coefficient (Wildman–Crippen LogP) is 3.86. The van der Waals surface area contributed by atoms with Crippen LogP contribution in [-0.2, 0) is 15.3 Å². The number of nitrogens with zero attached hydrogens (tertiary/aromatic N) is 3. The Bertz CT molecular complexity index is 1020. The summed E-state index contributed by atoms with van der Waals surface area (Å²) in [5.74, 6) is -2.55. The zero-order valence-corrected chi connectivity index (χ0v) is 15.2. The quantitative estimate of drug-likeness (QED) is 0.857. The average Bonchev–Trinajstić information content (AvgIpc) is 3.28. The molecule has 7 heteroatoms. The molecule has 0 amide bonds. The van der Waals surface area contributed by atoms with Gasteiger partial charge < -0.3 is 9.47 Å². The molecule has 0 saturated carbocycles. The Hall–Kier alpha value is -3.18. The first-order valence-electron chi connectivity index (χ1n) is 8.31. The van der Waals surface area contributed by atoms with E-state index < -0.39 is 34.5 Å². The van der Waals surface area contributed by atoms with Crippen LogP contribution in [0.1, 0.15) is 23.5 Å². The molecule has 27 heavy (non-hydrogen) atoms. The molecule has 1 aromatic carbocycles. The molecule has 1 N–H and O–H groups in total. The molecule has 3 heterocycles. The van der Waals surface area contributed by atoms with Crippen molar-refractivity contribution in [2.24, 2.45) is 16.7 Å². The molecule has 0 spiro atoms. The molecule has 6 nitrogen and oxygen atoms in total. The Kier molecular flexibility index (Phi) is 3.61. The number of ether oxygens (including phenoxy) is 2. The summed E-state index contributed by atoms with van der Waals surface area (Å²) in [4.78, 5) is 0.642. The fraction of sp³-hybridized carbons (Fsp3) is 0.300. The lowest BCUT2D eigenvalue weighted by atomic mass is 9.54. The van der Waals surface area contributed by atoms with E-state index in [1.54, 1.807) is 31.2 Å². The van der Waals surface area contributed by atoms with Gasteiger partial charge in [0.15, 0.2) is 5.41 Å². The van der Waals surface area contributed by atoms with Crippen LogP contribution in [0.15, 0.2) is 47.8 Å². The van der Waals surface area contributed by atoms with Gasteiger partial charge in [-0.05, 0) is 11.4 Å². The molecule has 2 aromatic rings. The van der Waals surface area contributed by atoms with E-state index in [1.165, 1.54) is 11.3 Å². The number of nitriles is 3. The van der Waals surface area contributed by atoms with Crippen LogP contribution >= 0.6 is 11.3 Å². The first-order chi connectivity index (χ1) is 13.0. The van der Waals surface area contributed by atoms with Crippen LogP contribution in [0, 0.1) is 56.2 Å². The number of rotatable bonds is 2. The Balaban J connectivity index is 2.05. The van der Waals surface area contributed by atoms with Gasteiger partial charge in [-0.25, -0.2) is 0 Å². The molecular formula is C20H14N4O2S. The molecule has 2 fully saturated rings. The zero-order valence-electron chi connectivity index (χ0n) is 14.3. The predicted molar refractivity (Wildman–Crippen MR) is 95.9 cm³/mol. The maximum atomic E-state index is 10.2. The van der Waals surface area contributed by atoms with Crippen LogP contribution < -0.4 is 0 Å². The third-order valence-corrected chi connectivity index (χ3v) is 6.56. The van der Waals surface area contributed by atoms with E-state index in [0.717, 1.165) is 0 Å². The third-order valence-electron chi connectivity index (χ3n) is 5.65. The summed E-state index contributed by atoms with van der Waals surface area (Å²) < 4.78 is 12.2. The smallest absolute Gasteiger partial charge is 0.244 e. The summed E-state index contributed by atoms with van der Waals surface area (Å²) in [7, 11) is 0. The minimum absolute atomic E-state index is 0.400. The minimum Gasteiger partial charge on any atom is -0.443 e. The van der Waals surface area contributed by atoms with E-state index in [4.69, 9.17) is 14.9 Å². The Morgan fingerprint density at radius 1 is 1.04 bits per heavy atom. The molecule has 2 aliphatic rings. The second kappa shape index (κ2) is 5.66. The van der Waals surface area contributed by atoms with Crippen molar-refractivity contribution in [1.82, 2.24) is 0 Å². The highest BCUT2D eigenvalue weighted by atomic mass is 32.1. The summed E-state index contributed by atoms with van der Waals surface area (Å²) in [6.45, 7) is 1.70. The third kappa shape index (κ3) is 1.82. The van der Waals surface area contributed by atoms with Crippen molar-refractivity contribution >= 4 is 17.2 Å². The SMILES string of the molecule is CC1C2(c3ccccc3)OC(=N)C1(C#N)C(C#N)(C#N)C(c1cccs1)O2. The van der Waals surface area contributed by atoms with Crippen molar-refractivity contribution in [2.45, 2.75) is 18.8 Å². The van der Waals surface area contributed by atoms with Gasteiger partial charge in [0.05, 0.1) is 24.1 Å². The van der Waals surface area contributed by atoms with Gasteiger partial charge in [0.2, 0.25) is 17.1 Å². The van der Waals surface area contributed by atoms with Crippen LogP contribution in [0.2, 0.25) is 0 Å². The van der Waals surface area contributed by atoms with Crippen LogP contribution in [0.5, 0.6) is 0 Å². The monoisotopic (exact) mass is 374 g/mol. The second-order valence-electron chi connectivity index (χ2n) is 6.65. The first-order valence-corrected chi connectivity index (χ1v) is 9.19. The molecular weight excluding hydrogens is 360 g/mol. The van der Waals surface area contributed by atoms with Crippen molar-refractivity contribution in [3.63, 3.8) is 0 Å². The molecule has 4 unspecified atom stereocenters. The van der Waals surface area contributed by atoms with Gasteiger partial charge in [0.25, 0.3) is 0 Å². The summed E-state index contributed by atoms with van der Waals surface area (Å²) >= 11 is 1.34. The van der Waals surface area contributed by atoms with Gasteiger partial charge in [0.1, 0.15) is 6.10 Å². The highest BCUT2D eigenvalue weighted by molar-refractivity contribution is 7.10. The zero-order chi connectivity index (χ0) is 19.3. The lowest BCUT2D eigenvalue weighted by Gasteiger charge is -2.48. The Labute approximate surface area is 160 Å². The molecule has 4 rings (SSSR count). The van der Waals surface area contributed by atoms with Gasteiger partial charge in [-0.15, -0.1) is 11.3 Å². The summed E-state index contributed by atoms with van der Waals surface area (Å²) in [5, 5.41) is 40.6. The number of hydrogen-bond donors (Lipinski definition) is 1. The Morgan fingerprint density at radius 3 is 2.30 bits per heavy atom. The highest BCUT2D eigenvalue weighted by Gasteiger charge is 2.79. The fourth-order valence-corrected chi connectivity index (χ4v) is 5.05. The molecule has 0 aliphatic carbocycles. The number of fused-ring (bicyclic) bond motifs is 2. The molecule has 132 valence electrons. The van der Waals surface area contributed by atoms with E-state index >= 15 is 0 Å². The fourth-order valence-electron chi connectivity index (χ4n) is 4.23. The van der Waals surface area contributed by atoms with Crippen LogP contribution in [-0.4, -0.2) is 5.90 Å². The number of thiophene rings is 1. The van der Waals surface area contributed by atoms with E-state index in [-0.39, 0.29) is 0 Å². The van der Waals surface area contributed by atoms with E-state index in [2.05, 4.69) is 6.07 Å². The molecule has 1 aromatic heterocycles. The van der Waals surface area contributed by atoms with Crippen molar-refractivity contribution in [3.8, 4) is 18.2 Å². The standard InChI is InChI=1S/C20H14N4O2S/c1-13-19(12-23)17(24)26-20(13,14-6-3-2-4-7-14)25-16(15-8-5-9-27-15)18(19,10-21)11-22/h2-9,13,16,24H,1H3. The van der Waals surface area contributed by atoms with Gasteiger partial charge in [-0.2, -0.15) is 15.8 Å². The first kappa shape index (κ1) is 17.2. The second-order valence-corrected chi connectivity index (χ2v) is 7.63. The van der Waals surface area contributed by atoms with Crippen LogP contribution in [0.25, 0.3) is 0 Å². The summed E-state index contributed by atoms with van der Waals surface area (Å²) in [6, 6.07) is 18.8. The summed E-state index contributed by atoms with van der Waals surface area (Å²) in [5.41, 5.74) is -3.01. The summed E-state index contributed by atoms with van der Waals surface area (Å²) in [6.07, 6.45) is -1.02. The van der Waals surface area contributed by atoms with E-state index in [1.807, 2.05) is 35.7 Å². The van der Waals surface area contributed by atoms with Gasteiger partial charge in [0, 0.05) is 10.4 Å². The largest absolute Gasteiger partial charge is 0.443 e. The molecule has 4 atom stereocenters.